The molecule has 1 aliphatic carbocycles. The molecule has 5 heteroatoms. The third-order valence-corrected chi connectivity index (χ3v) is 4.42. The van der Waals surface area contributed by atoms with Gasteiger partial charge < -0.3 is 15.8 Å². The molecule has 1 aromatic carbocycles. The fraction of sp³-hybridized carbons (Fsp3) is 0.588. The van der Waals surface area contributed by atoms with Crippen LogP contribution in [0.3, 0.4) is 0 Å². The highest BCUT2D eigenvalue weighted by Crippen LogP contribution is 2.29. The van der Waals surface area contributed by atoms with E-state index in [9.17, 15) is 4.79 Å². The molecule has 0 spiro atoms. The van der Waals surface area contributed by atoms with Gasteiger partial charge in [-0.2, -0.15) is 0 Å². The molecule has 1 atom stereocenters. The van der Waals surface area contributed by atoms with Crippen molar-refractivity contribution >= 4 is 23.2 Å². The van der Waals surface area contributed by atoms with E-state index in [1.54, 1.807) is 18.2 Å². The summed E-state index contributed by atoms with van der Waals surface area (Å²) in [5.74, 6) is 0.791. The lowest BCUT2D eigenvalue weighted by Gasteiger charge is -2.26. The first-order valence-electron chi connectivity index (χ1n) is 8.10. The third kappa shape index (κ3) is 4.62. The van der Waals surface area contributed by atoms with Gasteiger partial charge >= 0.3 is 0 Å². The predicted molar refractivity (Wildman–Crippen MR) is 90.4 cm³/mol. The Kier molecular flexibility index (Phi) is 6.52. The first-order valence-corrected chi connectivity index (χ1v) is 8.48. The van der Waals surface area contributed by atoms with Crippen molar-refractivity contribution in [1.29, 1.82) is 0 Å². The van der Waals surface area contributed by atoms with Gasteiger partial charge in [-0.05, 0) is 43.4 Å². The Bertz CT molecular complexity index is 501. The number of rotatable bonds is 6. The van der Waals surface area contributed by atoms with Crippen LogP contribution in [-0.2, 0) is 4.79 Å². The van der Waals surface area contributed by atoms with Crippen molar-refractivity contribution in [3.05, 3.63) is 23.2 Å². The van der Waals surface area contributed by atoms with Crippen molar-refractivity contribution in [3.63, 3.8) is 0 Å². The Hall–Kier alpha value is -1.26. The summed E-state index contributed by atoms with van der Waals surface area (Å²) >= 11 is 6.17. The summed E-state index contributed by atoms with van der Waals surface area (Å²) in [6, 6.07) is 4.83. The minimum Gasteiger partial charge on any atom is -0.492 e. The van der Waals surface area contributed by atoms with Gasteiger partial charge in [-0.25, -0.2) is 0 Å². The molecule has 0 aliphatic heterocycles. The van der Waals surface area contributed by atoms with E-state index >= 15 is 0 Å². The highest BCUT2D eigenvalue weighted by Gasteiger charge is 2.26. The molecule has 1 amide bonds. The lowest BCUT2D eigenvalue weighted by molar-refractivity contribution is -0.118. The van der Waals surface area contributed by atoms with Gasteiger partial charge in [-0.1, -0.05) is 37.8 Å². The minimum atomic E-state index is -0.449. The van der Waals surface area contributed by atoms with Crippen LogP contribution in [0.2, 0.25) is 5.02 Å². The fourth-order valence-electron chi connectivity index (χ4n) is 2.84. The molecule has 1 fully saturated rings. The lowest BCUT2D eigenvalue weighted by Crippen LogP contribution is -2.42. The second-order valence-electron chi connectivity index (χ2n) is 5.91. The molecule has 2 rings (SSSR count). The van der Waals surface area contributed by atoms with Crippen molar-refractivity contribution in [2.75, 3.05) is 11.9 Å². The molecule has 22 heavy (non-hydrogen) atoms. The van der Waals surface area contributed by atoms with E-state index < -0.39 is 6.04 Å². The van der Waals surface area contributed by atoms with E-state index in [0.717, 1.165) is 19.3 Å². The normalized spacial score (nSPS) is 17.0. The van der Waals surface area contributed by atoms with Gasteiger partial charge in [0, 0.05) is 5.69 Å². The minimum absolute atomic E-state index is 0.134. The number of amides is 1. The maximum atomic E-state index is 12.3. The SMILES string of the molecule is CCCOc1ccc(NC(=O)[C@@H](N)C2CCCCC2)cc1Cl. The molecule has 0 saturated heterocycles. The van der Waals surface area contributed by atoms with Crippen LogP contribution in [-0.4, -0.2) is 18.6 Å². The fourth-order valence-corrected chi connectivity index (χ4v) is 3.08. The summed E-state index contributed by atoms with van der Waals surface area (Å²) < 4.78 is 5.52. The zero-order valence-corrected chi connectivity index (χ0v) is 13.9. The Morgan fingerprint density at radius 2 is 2.14 bits per heavy atom. The van der Waals surface area contributed by atoms with Crippen LogP contribution in [0, 0.1) is 5.92 Å². The number of carbonyl (C=O) groups is 1. The average Bonchev–Trinajstić information content (AvgIpc) is 2.54. The number of hydrogen-bond donors (Lipinski definition) is 2. The highest BCUT2D eigenvalue weighted by atomic mass is 35.5. The number of anilines is 1. The summed E-state index contributed by atoms with van der Waals surface area (Å²) in [7, 11) is 0. The van der Waals surface area contributed by atoms with Crippen molar-refractivity contribution in [2.45, 2.75) is 51.5 Å². The van der Waals surface area contributed by atoms with E-state index in [2.05, 4.69) is 5.32 Å². The number of nitrogens with one attached hydrogen (secondary N) is 1. The molecule has 122 valence electrons. The Morgan fingerprint density at radius 1 is 1.41 bits per heavy atom. The standard InChI is InChI=1S/C17H25ClN2O2/c1-2-10-22-15-9-8-13(11-14(15)18)20-17(21)16(19)12-6-4-3-5-7-12/h8-9,11-12,16H,2-7,10,19H2,1H3,(H,20,21)/t16-/m0/s1. The van der Waals surface area contributed by atoms with Gasteiger partial charge in [-0.15, -0.1) is 0 Å². The number of carbonyl (C=O) groups excluding carboxylic acids is 1. The van der Waals surface area contributed by atoms with Gasteiger partial charge in [0.2, 0.25) is 5.91 Å². The van der Waals surface area contributed by atoms with E-state index in [1.165, 1.54) is 19.3 Å². The largest absolute Gasteiger partial charge is 0.492 e. The van der Waals surface area contributed by atoms with Crippen LogP contribution in [0.5, 0.6) is 5.75 Å². The van der Waals surface area contributed by atoms with Crippen LogP contribution in [0.15, 0.2) is 18.2 Å². The first kappa shape index (κ1) is 17.1. The number of ether oxygens (including phenoxy) is 1. The number of benzene rings is 1. The van der Waals surface area contributed by atoms with Crippen LogP contribution in [0.25, 0.3) is 0 Å². The molecule has 0 heterocycles. The molecule has 0 unspecified atom stereocenters. The van der Waals surface area contributed by atoms with Gasteiger partial charge in [0.05, 0.1) is 17.7 Å². The summed E-state index contributed by atoms with van der Waals surface area (Å²) in [4.78, 5) is 12.3. The van der Waals surface area contributed by atoms with Gasteiger partial charge in [0.15, 0.2) is 0 Å². The molecule has 1 saturated carbocycles. The van der Waals surface area contributed by atoms with E-state index in [1.807, 2.05) is 6.92 Å². The van der Waals surface area contributed by atoms with Crippen molar-refractivity contribution in [2.24, 2.45) is 11.7 Å². The molecule has 0 aromatic heterocycles. The first-order chi connectivity index (χ1) is 10.6. The predicted octanol–water partition coefficient (Wildman–Crippen LogP) is 3.97. The molecule has 3 N–H and O–H groups in total. The second-order valence-corrected chi connectivity index (χ2v) is 6.31. The van der Waals surface area contributed by atoms with Crippen LogP contribution in [0.1, 0.15) is 45.4 Å². The van der Waals surface area contributed by atoms with Gasteiger partial charge in [0.25, 0.3) is 0 Å². The van der Waals surface area contributed by atoms with Gasteiger partial charge in [0.1, 0.15) is 5.75 Å². The Balaban J connectivity index is 1.94. The Morgan fingerprint density at radius 3 is 2.77 bits per heavy atom. The van der Waals surface area contributed by atoms with E-state index in [-0.39, 0.29) is 11.8 Å². The van der Waals surface area contributed by atoms with Crippen molar-refractivity contribution < 1.29 is 9.53 Å². The molecular weight excluding hydrogens is 300 g/mol. The van der Waals surface area contributed by atoms with E-state index in [4.69, 9.17) is 22.1 Å². The average molecular weight is 325 g/mol. The zero-order valence-electron chi connectivity index (χ0n) is 13.1. The highest BCUT2D eigenvalue weighted by molar-refractivity contribution is 6.32. The maximum absolute atomic E-state index is 12.3. The molecule has 0 bridgehead atoms. The molecular formula is C17H25ClN2O2. The number of nitrogens with two attached hydrogens (primary N) is 1. The summed E-state index contributed by atoms with van der Waals surface area (Å²) in [5, 5.41) is 3.36. The molecule has 4 nitrogen and oxygen atoms in total. The van der Waals surface area contributed by atoms with Crippen LogP contribution >= 0.6 is 11.6 Å². The van der Waals surface area contributed by atoms with Crippen molar-refractivity contribution in [1.82, 2.24) is 0 Å². The smallest absolute Gasteiger partial charge is 0.241 e. The van der Waals surface area contributed by atoms with Crippen LogP contribution < -0.4 is 15.8 Å². The monoisotopic (exact) mass is 324 g/mol. The summed E-state index contributed by atoms with van der Waals surface area (Å²) in [6.07, 6.45) is 6.59. The number of hydrogen-bond acceptors (Lipinski definition) is 3. The van der Waals surface area contributed by atoms with E-state index in [0.29, 0.717) is 23.1 Å². The lowest BCUT2D eigenvalue weighted by atomic mass is 9.84. The van der Waals surface area contributed by atoms with Crippen LogP contribution in [0.4, 0.5) is 5.69 Å². The van der Waals surface area contributed by atoms with Crippen molar-refractivity contribution in [3.8, 4) is 5.75 Å². The second kappa shape index (κ2) is 8.39. The third-order valence-electron chi connectivity index (χ3n) is 4.12. The Labute approximate surface area is 137 Å². The molecule has 1 aromatic rings. The zero-order chi connectivity index (χ0) is 15.9. The summed E-state index contributed by atoms with van der Waals surface area (Å²) in [6.45, 7) is 2.66. The summed E-state index contributed by atoms with van der Waals surface area (Å²) in [5.41, 5.74) is 6.76. The topological polar surface area (TPSA) is 64.3 Å². The number of halogens is 1. The molecule has 0 radical (unpaired) electrons. The maximum Gasteiger partial charge on any atom is 0.241 e. The molecule has 1 aliphatic rings. The van der Waals surface area contributed by atoms with Gasteiger partial charge in [-0.3, -0.25) is 4.79 Å². The quantitative estimate of drug-likeness (QED) is 0.832.